The number of hydrogen-bond acceptors (Lipinski definition) is 4. The lowest BCUT2D eigenvalue weighted by atomic mass is 10.2. The van der Waals surface area contributed by atoms with Gasteiger partial charge in [0.15, 0.2) is 6.67 Å². The van der Waals surface area contributed by atoms with Gasteiger partial charge in [-0.25, -0.2) is 9.18 Å². The highest BCUT2D eigenvalue weighted by Gasteiger charge is 2.62. The molecule has 102 valence electrons. The SMILES string of the molecule is CCOC(=O)C(O)(NC(=O)CF)C(F)(F)F.O. The number of carbonyl (C=O) groups excluding carboxylic acids is 2. The van der Waals surface area contributed by atoms with E-state index in [1.54, 1.807) is 0 Å². The van der Waals surface area contributed by atoms with Crippen molar-refractivity contribution in [2.75, 3.05) is 13.3 Å². The summed E-state index contributed by atoms with van der Waals surface area (Å²) >= 11 is 0. The molecular formula is C7H11F4NO5. The number of halogens is 4. The Morgan fingerprint density at radius 2 is 1.82 bits per heavy atom. The number of alkyl halides is 4. The molecule has 0 saturated carbocycles. The van der Waals surface area contributed by atoms with Gasteiger partial charge in [-0.2, -0.15) is 13.2 Å². The van der Waals surface area contributed by atoms with Crippen LogP contribution >= 0.6 is 0 Å². The predicted molar refractivity (Wildman–Crippen MR) is 45.4 cm³/mol. The fourth-order valence-electron chi connectivity index (χ4n) is 0.708. The van der Waals surface area contributed by atoms with Gasteiger partial charge in [-0.05, 0) is 6.92 Å². The average molecular weight is 265 g/mol. The molecule has 0 fully saturated rings. The van der Waals surface area contributed by atoms with E-state index >= 15 is 0 Å². The Kier molecular flexibility index (Phi) is 6.71. The molecular weight excluding hydrogens is 254 g/mol. The molecule has 0 bridgehead atoms. The molecule has 0 aromatic carbocycles. The molecule has 0 aromatic rings. The number of ether oxygens (including phenoxy) is 1. The highest BCUT2D eigenvalue weighted by atomic mass is 19.4. The minimum Gasteiger partial charge on any atom is -0.462 e. The van der Waals surface area contributed by atoms with Gasteiger partial charge in [0.25, 0.3) is 5.91 Å². The van der Waals surface area contributed by atoms with Crippen LogP contribution in [0, 0.1) is 0 Å². The summed E-state index contributed by atoms with van der Waals surface area (Å²) in [5.74, 6) is -3.91. The molecule has 4 N–H and O–H groups in total. The zero-order valence-corrected chi connectivity index (χ0v) is 8.60. The van der Waals surface area contributed by atoms with Gasteiger partial charge in [-0.15, -0.1) is 0 Å². The van der Waals surface area contributed by atoms with Crippen molar-refractivity contribution in [3.63, 3.8) is 0 Å². The van der Waals surface area contributed by atoms with Crippen molar-refractivity contribution in [2.45, 2.75) is 18.8 Å². The molecule has 0 heterocycles. The van der Waals surface area contributed by atoms with Crippen LogP contribution in [0.2, 0.25) is 0 Å². The molecule has 0 spiro atoms. The van der Waals surface area contributed by atoms with E-state index in [9.17, 15) is 27.2 Å². The molecule has 0 saturated heterocycles. The lowest BCUT2D eigenvalue weighted by molar-refractivity contribution is -0.271. The first-order valence-corrected chi connectivity index (χ1v) is 4.02. The Morgan fingerprint density at radius 1 is 1.35 bits per heavy atom. The molecule has 0 radical (unpaired) electrons. The Hall–Kier alpha value is -1.42. The fourth-order valence-corrected chi connectivity index (χ4v) is 0.708. The maximum atomic E-state index is 12.3. The van der Waals surface area contributed by atoms with Crippen molar-refractivity contribution in [3.05, 3.63) is 0 Å². The van der Waals surface area contributed by atoms with Crippen molar-refractivity contribution in [3.8, 4) is 0 Å². The molecule has 0 aliphatic carbocycles. The van der Waals surface area contributed by atoms with Crippen LogP contribution in [-0.4, -0.2) is 47.6 Å². The smallest absolute Gasteiger partial charge is 0.448 e. The fraction of sp³-hybridized carbons (Fsp3) is 0.714. The zero-order chi connectivity index (χ0) is 13.0. The van der Waals surface area contributed by atoms with Gasteiger partial charge in [-0.1, -0.05) is 0 Å². The number of amides is 1. The van der Waals surface area contributed by atoms with E-state index < -0.39 is 37.1 Å². The molecule has 10 heteroatoms. The van der Waals surface area contributed by atoms with Crippen molar-refractivity contribution >= 4 is 11.9 Å². The lowest BCUT2D eigenvalue weighted by Crippen LogP contribution is -2.65. The van der Waals surface area contributed by atoms with Crippen LogP contribution in [0.5, 0.6) is 0 Å². The number of rotatable bonds is 4. The third-order valence-electron chi connectivity index (χ3n) is 1.42. The predicted octanol–water partition coefficient (Wildman–Crippen LogP) is -0.939. The van der Waals surface area contributed by atoms with E-state index in [4.69, 9.17) is 5.11 Å². The molecule has 0 rings (SSSR count). The standard InChI is InChI=1S/C7H9F4NO4.H2O/c1-2-16-5(14)6(15,7(9,10)11)12-4(13)3-8;/h15H,2-3H2,1H3,(H,12,13);1H2. The Bertz CT molecular complexity index is 282. The molecule has 0 aliphatic rings. The van der Waals surface area contributed by atoms with Crippen LogP contribution in [0.4, 0.5) is 17.6 Å². The first kappa shape index (κ1) is 18.0. The van der Waals surface area contributed by atoms with Crippen LogP contribution in [0.1, 0.15) is 6.92 Å². The monoisotopic (exact) mass is 265 g/mol. The minimum absolute atomic E-state index is 0. The average Bonchev–Trinajstić information content (AvgIpc) is 2.16. The summed E-state index contributed by atoms with van der Waals surface area (Å²) in [7, 11) is 0. The maximum Gasteiger partial charge on any atom is 0.448 e. The second-order valence-electron chi connectivity index (χ2n) is 2.61. The summed E-state index contributed by atoms with van der Waals surface area (Å²) in [6.07, 6.45) is -5.51. The van der Waals surface area contributed by atoms with E-state index in [2.05, 4.69) is 4.74 Å². The topological polar surface area (TPSA) is 107 Å². The van der Waals surface area contributed by atoms with Crippen LogP contribution in [-0.2, 0) is 14.3 Å². The first-order valence-electron chi connectivity index (χ1n) is 4.02. The minimum atomic E-state index is -5.51. The van der Waals surface area contributed by atoms with Gasteiger partial charge in [0.2, 0.25) is 0 Å². The Labute approximate surface area is 92.9 Å². The van der Waals surface area contributed by atoms with Gasteiger partial charge < -0.3 is 20.6 Å². The van der Waals surface area contributed by atoms with E-state index in [1.165, 1.54) is 6.92 Å². The maximum absolute atomic E-state index is 12.3. The van der Waals surface area contributed by atoms with E-state index in [1.807, 2.05) is 0 Å². The lowest BCUT2D eigenvalue weighted by Gasteiger charge is -2.28. The van der Waals surface area contributed by atoms with Crippen LogP contribution in [0.25, 0.3) is 0 Å². The summed E-state index contributed by atoms with van der Waals surface area (Å²) in [5.41, 5.74) is -4.23. The normalized spacial score (nSPS) is 14.2. The number of esters is 1. The van der Waals surface area contributed by atoms with E-state index in [0.29, 0.717) is 0 Å². The quantitative estimate of drug-likeness (QED) is 0.388. The van der Waals surface area contributed by atoms with Crippen LogP contribution in [0.15, 0.2) is 0 Å². The second-order valence-corrected chi connectivity index (χ2v) is 2.61. The Balaban J connectivity index is 0. The van der Waals surface area contributed by atoms with Crippen molar-refractivity contribution < 1.29 is 42.5 Å². The molecule has 0 aliphatic heterocycles. The van der Waals surface area contributed by atoms with Gasteiger partial charge >= 0.3 is 17.9 Å². The molecule has 0 aromatic heterocycles. The summed E-state index contributed by atoms with van der Waals surface area (Å²) < 4.78 is 52.5. The van der Waals surface area contributed by atoms with E-state index in [-0.39, 0.29) is 5.48 Å². The first-order chi connectivity index (χ1) is 7.19. The van der Waals surface area contributed by atoms with Crippen molar-refractivity contribution in [2.24, 2.45) is 0 Å². The largest absolute Gasteiger partial charge is 0.462 e. The number of aliphatic hydroxyl groups is 1. The van der Waals surface area contributed by atoms with Crippen molar-refractivity contribution in [1.82, 2.24) is 5.32 Å². The van der Waals surface area contributed by atoms with Gasteiger partial charge in [0.1, 0.15) is 0 Å². The number of carbonyl (C=O) groups is 2. The summed E-state index contributed by atoms with van der Waals surface area (Å²) in [4.78, 5) is 21.3. The number of nitrogens with one attached hydrogen (secondary N) is 1. The highest BCUT2D eigenvalue weighted by Crippen LogP contribution is 2.29. The Morgan fingerprint density at radius 3 is 2.12 bits per heavy atom. The van der Waals surface area contributed by atoms with Gasteiger partial charge in [-0.3, -0.25) is 4.79 Å². The molecule has 1 unspecified atom stereocenters. The third-order valence-corrected chi connectivity index (χ3v) is 1.42. The molecule has 1 atom stereocenters. The van der Waals surface area contributed by atoms with Crippen LogP contribution < -0.4 is 5.32 Å². The molecule has 1 amide bonds. The summed E-state index contributed by atoms with van der Waals surface area (Å²) in [5, 5.41) is 9.76. The van der Waals surface area contributed by atoms with Crippen LogP contribution in [0.3, 0.4) is 0 Å². The van der Waals surface area contributed by atoms with Crippen molar-refractivity contribution in [1.29, 1.82) is 0 Å². The zero-order valence-electron chi connectivity index (χ0n) is 8.60. The number of hydrogen-bond donors (Lipinski definition) is 2. The molecule has 6 nitrogen and oxygen atoms in total. The highest BCUT2D eigenvalue weighted by molar-refractivity contribution is 5.87. The van der Waals surface area contributed by atoms with Gasteiger partial charge in [0, 0.05) is 0 Å². The van der Waals surface area contributed by atoms with E-state index in [0.717, 1.165) is 5.32 Å². The molecule has 17 heavy (non-hydrogen) atoms. The third kappa shape index (κ3) is 4.15. The van der Waals surface area contributed by atoms with Gasteiger partial charge in [0.05, 0.1) is 6.61 Å². The summed E-state index contributed by atoms with van der Waals surface area (Å²) in [6.45, 7) is -1.05. The second kappa shape index (κ2) is 6.35. The summed E-state index contributed by atoms with van der Waals surface area (Å²) in [6, 6.07) is 0.